The fourth-order valence-corrected chi connectivity index (χ4v) is 0.930. The molecule has 0 saturated carbocycles. The zero-order valence-corrected chi connectivity index (χ0v) is 7.73. The van der Waals surface area contributed by atoms with E-state index >= 15 is 0 Å². The molecule has 0 aliphatic rings. The fraction of sp³-hybridized carbons (Fsp3) is 0.833. The Balaban J connectivity index is 3.12. The van der Waals surface area contributed by atoms with E-state index in [0.717, 1.165) is 6.04 Å². The van der Waals surface area contributed by atoms with Gasteiger partial charge in [0.05, 0.1) is 13.1 Å². The average molecular weight is 160 g/mol. The van der Waals surface area contributed by atoms with Gasteiger partial charge in [0.15, 0.2) is 0 Å². The lowest BCUT2D eigenvalue weighted by atomic mass is 10.8. The third-order valence-corrected chi connectivity index (χ3v) is 2.24. The number of carbonyl (C=O) groups excluding carboxylic acids is 1. The zero-order chi connectivity index (χ0) is 7.98. The Morgan fingerprint density at radius 2 is 2.20 bits per heavy atom. The molecule has 0 fully saturated rings. The molecule has 0 rings (SSSR count). The van der Waals surface area contributed by atoms with Crippen molar-refractivity contribution < 1.29 is 9.53 Å². The molecular formula is C6H14NO2Si+. The monoisotopic (exact) mass is 160 g/mol. The number of alkyl carbamates (subject to hydrolysis) is 1. The van der Waals surface area contributed by atoms with Gasteiger partial charge in [-0.15, -0.1) is 0 Å². The van der Waals surface area contributed by atoms with Crippen LogP contribution < -0.4 is 5.32 Å². The van der Waals surface area contributed by atoms with Gasteiger partial charge in [0, 0.05) is 7.05 Å². The molecular weight excluding hydrogens is 146 g/mol. The van der Waals surface area contributed by atoms with Crippen molar-refractivity contribution in [3.63, 3.8) is 0 Å². The van der Waals surface area contributed by atoms with Crippen LogP contribution in [0, 0.1) is 0 Å². The van der Waals surface area contributed by atoms with Crippen LogP contribution in [0.1, 0.15) is 0 Å². The van der Waals surface area contributed by atoms with Crippen molar-refractivity contribution in [2.45, 2.75) is 19.1 Å². The highest BCUT2D eigenvalue weighted by molar-refractivity contribution is 6.55. The summed E-state index contributed by atoms with van der Waals surface area (Å²) >= 11 is 0. The van der Waals surface area contributed by atoms with E-state index in [1.54, 1.807) is 7.05 Å². The van der Waals surface area contributed by atoms with Gasteiger partial charge in [-0.3, -0.25) is 0 Å². The summed E-state index contributed by atoms with van der Waals surface area (Å²) in [7, 11) is 1.32. The number of hydrogen-bond donors (Lipinski definition) is 1. The molecule has 0 aliphatic carbocycles. The third-order valence-electron chi connectivity index (χ3n) is 1.04. The van der Waals surface area contributed by atoms with Gasteiger partial charge in [0.25, 0.3) is 0 Å². The van der Waals surface area contributed by atoms with Gasteiger partial charge in [0.2, 0.25) is 0 Å². The maximum absolute atomic E-state index is 10.5. The molecule has 0 aromatic carbocycles. The molecule has 0 radical (unpaired) electrons. The second-order valence-corrected chi connectivity index (χ2v) is 5.26. The molecule has 0 atom stereocenters. The smallest absolute Gasteiger partial charge is 0.406 e. The predicted octanol–water partition coefficient (Wildman–Crippen LogP) is 1.10. The lowest BCUT2D eigenvalue weighted by molar-refractivity contribution is 0.154. The second-order valence-electron chi connectivity index (χ2n) is 2.34. The minimum atomic E-state index is -0.330. The first kappa shape index (κ1) is 9.49. The first-order valence-corrected chi connectivity index (χ1v) is 6.01. The molecule has 58 valence electrons. The van der Waals surface area contributed by atoms with Crippen LogP contribution in [-0.2, 0) is 4.74 Å². The van der Waals surface area contributed by atoms with E-state index in [-0.39, 0.29) is 14.9 Å². The van der Waals surface area contributed by atoms with Crippen LogP contribution in [0.3, 0.4) is 0 Å². The molecule has 0 aromatic rings. The van der Waals surface area contributed by atoms with Gasteiger partial charge in [-0.05, 0) is 0 Å². The lowest BCUT2D eigenvalue weighted by Gasteiger charge is -1.99. The highest BCUT2D eigenvalue weighted by Gasteiger charge is 2.10. The van der Waals surface area contributed by atoms with E-state index in [1.807, 2.05) is 0 Å². The predicted molar refractivity (Wildman–Crippen MR) is 42.7 cm³/mol. The number of carbonyl (C=O) groups is 1. The number of ether oxygens (including phenoxy) is 1. The molecule has 3 nitrogen and oxygen atoms in total. The first-order valence-electron chi connectivity index (χ1n) is 3.30. The van der Waals surface area contributed by atoms with Crippen LogP contribution in [0.15, 0.2) is 0 Å². The van der Waals surface area contributed by atoms with Gasteiger partial charge in [-0.1, -0.05) is 0 Å². The Labute approximate surface area is 63.4 Å². The summed E-state index contributed by atoms with van der Waals surface area (Å²) in [5, 5.41) is 2.39. The zero-order valence-electron chi connectivity index (χ0n) is 6.73. The highest BCUT2D eigenvalue weighted by atomic mass is 28.3. The molecule has 0 saturated heterocycles. The standard InChI is InChI=1S/C6H13NO2Si/c1-7-6(8)9-4-5-10(2)3/h4-5H2,1-3H3/p+1. The summed E-state index contributed by atoms with van der Waals surface area (Å²) in [6.45, 7) is 4.94. The van der Waals surface area contributed by atoms with Gasteiger partial charge in [-0.25, -0.2) is 4.79 Å². The van der Waals surface area contributed by atoms with Gasteiger partial charge >= 0.3 is 14.9 Å². The topological polar surface area (TPSA) is 38.3 Å². The molecule has 10 heavy (non-hydrogen) atoms. The molecule has 0 bridgehead atoms. The second kappa shape index (κ2) is 5.29. The maximum Gasteiger partial charge on any atom is 0.406 e. The van der Waals surface area contributed by atoms with Crippen LogP contribution in [0.4, 0.5) is 4.79 Å². The van der Waals surface area contributed by atoms with Crippen molar-refractivity contribution in [3.05, 3.63) is 0 Å². The summed E-state index contributed by atoms with van der Waals surface area (Å²) in [5.41, 5.74) is 0. The molecule has 4 heteroatoms. The van der Waals surface area contributed by atoms with E-state index < -0.39 is 0 Å². The van der Waals surface area contributed by atoms with Crippen LogP contribution in [0.2, 0.25) is 19.1 Å². The van der Waals surface area contributed by atoms with Crippen LogP contribution in [-0.4, -0.2) is 28.5 Å². The van der Waals surface area contributed by atoms with Crippen molar-refractivity contribution in [1.82, 2.24) is 5.32 Å². The van der Waals surface area contributed by atoms with Gasteiger partial charge in [-0.2, -0.15) is 0 Å². The van der Waals surface area contributed by atoms with E-state index in [0.29, 0.717) is 6.61 Å². The third kappa shape index (κ3) is 5.62. The van der Waals surface area contributed by atoms with Gasteiger partial charge < -0.3 is 10.1 Å². The highest BCUT2D eigenvalue weighted by Crippen LogP contribution is 1.91. The van der Waals surface area contributed by atoms with Crippen LogP contribution in [0.5, 0.6) is 0 Å². The van der Waals surface area contributed by atoms with Crippen molar-refractivity contribution in [3.8, 4) is 0 Å². The molecule has 0 aliphatic heterocycles. The van der Waals surface area contributed by atoms with Crippen LogP contribution >= 0.6 is 0 Å². The van der Waals surface area contributed by atoms with Crippen molar-refractivity contribution in [2.24, 2.45) is 0 Å². The average Bonchev–Trinajstić information content (AvgIpc) is 1.87. The SMILES string of the molecule is CNC(=O)OCC[Si+](C)C. The van der Waals surface area contributed by atoms with Crippen LogP contribution in [0.25, 0.3) is 0 Å². The van der Waals surface area contributed by atoms with Crippen molar-refractivity contribution in [1.29, 1.82) is 0 Å². The largest absolute Gasteiger partial charge is 0.447 e. The molecule has 0 heterocycles. The van der Waals surface area contributed by atoms with Gasteiger partial charge in [0.1, 0.15) is 12.7 Å². The first-order chi connectivity index (χ1) is 4.66. The van der Waals surface area contributed by atoms with E-state index in [9.17, 15) is 4.79 Å². The Bertz CT molecular complexity index is 106. The minimum absolute atomic E-state index is 0.243. The quantitative estimate of drug-likeness (QED) is 0.628. The summed E-state index contributed by atoms with van der Waals surface area (Å²) in [4.78, 5) is 10.5. The Hall–Kier alpha value is -0.513. The fourth-order valence-electron chi connectivity index (χ4n) is 0.420. The summed E-state index contributed by atoms with van der Waals surface area (Å²) < 4.78 is 4.78. The molecule has 0 spiro atoms. The number of hydrogen-bond acceptors (Lipinski definition) is 2. The van der Waals surface area contributed by atoms with E-state index in [1.165, 1.54) is 0 Å². The molecule has 1 N–H and O–H groups in total. The normalized spacial score (nSPS) is 8.70. The molecule has 0 unspecified atom stereocenters. The summed E-state index contributed by atoms with van der Waals surface area (Å²) in [6, 6.07) is 1.03. The molecule has 0 aromatic heterocycles. The maximum atomic E-state index is 10.5. The lowest BCUT2D eigenvalue weighted by Crippen LogP contribution is -2.20. The minimum Gasteiger partial charge on any atom is -0.447 e. The van der Waals surface area contributed by atoms with E-state index in [2.05, 4.69) is 18.4 Å². The molecule has 1 amide bonds. The van der Waals surface area contributed by atoms with Crippen molar-refractivity contribution >= 4 is 14.9 Å². The van der Waals surface area contributed by atoms with E-state index in [4.69, 9.17) is 4.74 Å². The Kier molecular flexibility index (Phi) is 5.01. The summed E-state index contributed by atoms with van der Waals surface area (Å²) in [5.74, 6) is 0. The number of nitrogens with one attached hydrogen (secondary N) is 1. The number of rotatable bonds is 3. The Morgan fingerprint density at radius 3 is 2.60 bits per heavy atom. The summed E-state index contributed by atoms with van der Waals surface area (Å²) in [6.07, 6.45) is -0.330. The Morgan fingerprint density at radius 1 is 1.60 bits per heavy atom. The number of amides is 1. The van der Waals surface area contributed by atoms with Crippen molar-refractivity contribution in [2.75, 3.05) is 13.7 Å².